The van der Waals surface area contributed by atoms with E-state index in [1.165, 1.54) is 6.26 Å². The number of rotatable bonds is 5. The second-order valence-electron chi connectivity index (χ2n) is 5.35. The highest BCUT2D eigenvalue weighted by Gasteiger charge is 2.17. The standard InChI is InChI=1S/C18H19N3O2.ClH/c1-2-17-20-16(11-23-17)18(22)21-15(10-19)14-8-7-12-5-3-4-6-13(12)9-14;/h3-9,11,15H,2,10,19H2,1H3,(H,21,22);1H/t15-;/m0./s1. The molecule has 2 aromatic carbocycles. The van der Waals surface area contributed by atoms with Crippen LogP contribution in [0, 0.1) is 0 Å². The number of amides is 1. The van der Waals surface area contributed by atoms with Gasteiger partial charge in [0, 0.05) is 13.0 Å². The van der Waals surface area contributed by atoms with Gasteiger partial charge in [-0.3, -0.25) is 4.79 Å². The lowest BCUT2D eigenvalue weighted by Gasteiger charge is -2.17. The topological polar surface area (TPSA) is 81.2 Å². The first-order chi connectivity index (χ1) is 11.2. The van der Waals surface area contributed by atoms with E-state index in [9.17, 15) is 4.79 Å². The molecule has 0 saturated heterocycles. The van der Waals surface area contributed by atoms with Crippen molar-refractivity contribution >= 4 is 29.1 Å². The van der Waals surface area contributed by atoms with Gasteiger partial charge in [0.1, 0.15) is 6.26 Å². The summed E-state index contributed by atoms with van der Waals surface area (Å²) in [5.74, 6) is 0.266. The number of nitrogens with zero attached hydrogens (tertiary/aromatic N) is 1. The second kappa shape index (κ2) is 7.95. The van der Waals surface area contributed by atoms with Crippen molar-refractivity contribution in [3.63, 3.8) is 0 Å². The summed E-state index contributed by atoms with van der Waals surface area (Å²) in [6, 6.07) is 13.9. The van der Waals surface area contributed by atoms with Crippen molar-refractivity contribution in [1.82, 2.24) is 10.3 Å². The van der Waals surface area contributed by atoms with Gasteiger partial charge in [-0.25, -0.2) is 4.98 Å². The Kier molecular flexibility index (Phi) is 5.95. The summed E-state index contributed by atoms with van der Waals surface area (Å²) in [7, 11) is 0. The highest BCUT2D eigenvalue weighted by molar-refractivity contribution is 5.92. The minimum Gasteiger partial charge on any atom is -0.448 e. The molecule has 0 spiro atoms. The third-order valence-electron chi connectivity index (χ3n) is 3.80. The third-order valence-corrected chi connectivity index (χ3v) is 3.80. The van der Waals surface area contributed by atoms with Crippen LogP contribution in [-0.4, -0.2) is 17.4 Å². The first-order valence-corrected chi connectivity index (χ1v) is 7.65. The lowest BCUT2D eigenvalue weighted by atomic mass is 10.0. The summed E-state index contributed by atoms with van der Waals surface area (Å²) in [6.07, 6.45) is 2.03. The number of carbonyl (C=O) groups is 1. The largest absolute Gasteiger partial charge is 0.448 e. The van der Waals surface area contributed by atoms with Crippen molar-refractivity contribution in [3.05, 3.63) is 65.9 Å². The van der Waals surface area contributed by atoms with Crippen LogP contribution in [0.3, 0.4) is 0 Å². The molecule has 24 heavy (non-hydrogen) atoms. The molecule has 126 valence electrons. The van der Waals surface area contributed by atoms with Gasteiger partial charge in [-0.15, -0.1) is 12.4 Å². The summed E-state index contributed by atoms with van der Waals surface area (Å²) >= 11 is 0. The van der Waals surface area contributed by atoms with E-state index < -0.39 is 0 Å². The fourth-order valence-electron chi connectivity index (χ4n) is 2.51. The number of hydrogen-bond donors (Lipinski definition) is 2. The SMILES string of the molecule is CCc1nc(C(=O)N[C@@H](CN)c2ccc3ccccc3c2)co1.Cl. The molecule has 0 radical (unpaired) electrons. The van der Waals surface area contributed by atoms with Crippen LogP contribution >= 0.6 is 12.4 Å². The van der Waals surface area contributed by atoms with E-state index in [1.807, 2.05) is 43.3 Å². The third kappa shape index (κ3) is 3.75. The van der Waals surface area contributed by atoms with Crippen LogP contribution < -0.4 is 11.1 Å². The Morgan fingerprint density at radius 3 is 2.67 bits per heavy atom. The molecular weight excluding hydrogens is 326 g/mol. The van der Waals surface area contributed by atoms with Gasteiger partial charge >= 0.3 is 0 Å². The Morgan fingerprint density at radius 2 is 2.00 bits per heavy atom. The maximum Gasteiger partial charge on any atom is 0.273 e. The van der Waals surface area contributed by atoms with E-state index in [-0.39, 0.29) is 30.0 Å². The number of carbonyl (C=O) groups excluding carboxylic acids is 1. The molecule has 3 aromatic rings. The highest BCUT2D eigenvalue weighted by Crippen LogP contribution is 2.20. The van der Waals surface area contributed by atoms with Crippen molar-refractivity contribution in [2.45, 2.75) is 19.4 Å². The van der Waals surface area contributed by atoms with Crippen LogP contribution in [0.4, 0.5) is 0 Å². The first-order valence-electron chi connectivity index (χ1n) is 7.65. The maximum atomic E-state index is 12.3. The molecule has 1 heterocycles. The fraction of sp³-hybridized carbons (Fsp3) is 0.222. The molecule has 0 bridgehead atoms. The van der Waals surface area contributed by atoms with Crippen molar-refractivity contribution in [2.24, 2.45) is 5.73 Å². The van der Waals surface area contributed by atoms with Crippen LogP contribution in [0.25, 0.3) is 10.8 Å². The molecule has 0 fully saturated rings. The first kappa shape index (κ1) is 18.0. The minimum atomic E-state index is -0.281. The van der Waals surface area contributed by atoms with Crippen LogP contribution in [0.1, 0.15) is 34.9 Å². The van der Waals surface area contributed by atoms with Gasteiger partial charge in [0.25, 0.3) is 5.91 Å². The van der Waals surface area contributed by atoms with Gasteiger partial charge < -0.3 is 15.5 Å². The molecule has 6 heteroatoms. The Morgan fingerprint density at radius 1 is 1.25 bits per heavy atom. The zero-order valence-corrected chi connectivity index (χ0v) is 14.2. The van der Waals surface area contributed by atoms with Gasteiger partial charge in [0.15, 0.2) is 11.6 Å². The lowest BCUT2D eigenvalue weighted by molar-refractivity contribution is 0.0932. The summed E-state index contributed by atoms with van der Waals surface area (Å²) in [5.41, 5.74) is 7.10. The van der Waals surface area contributed by atoms with Gasteiger partial charge in [-0.1, -0.05) is 43.3 Å². The molecule has 0 aliphatic carbocycles. The smallest absolute Gasteiger partial charge is 0.273 e. The van der Waals surface area contributed by atoms with E-state index in [4.69, 9.17) is 10.2 Å². The average molecular weight is 346 g/mol. The van der Waals surface area contributed by atoms with Gasteiger partial charge in [0.05, 0.1) is 6.04 Å². The molecule has 1 aromatic heterocycles. The number of nitrogens with two attached hydrogens (primary N) is 1. The Balaban J connectivity index is 0.00000208. The fourth-order valence-corrected chi connectivity index (χ4v) is 2.51. The molecule has 1 atom stereocenters. The number of nitrogens with one attached hydrogen (secondary N) is 1. The normalized spacial score (nSPS) is 11.8. The molecule has 5 nitrogen and oxygen atoms in total. The number of fused-ring (bicyclic) bond motifs is 1. The summed E-state index contributed by atoms with van der Waals surface area (Å²) in [5, 5.41) is 5.19. The zero-order chi connectivity index (χ0) is 16.2. The van der Waals surface area contributed by atoms with Crippen molar-refractivity contribution in [3.8, 4) is 0 Å². The van der Waals surface area contributed by atoms with Crippen LogP contribution in [0.5, 0.6) is 0 Å². The Hall–Kier alpha value is -2.37. The molecule has 0 saturated carbocycles. The predicted molar refractivity (Wildman–Crippen MR) is 96.3 cm³/mol. The zero-order valence-electron chi connectivity index (χ0n) is 13.4. The number of halogens is 1. The highest BCUT2D eigenvalue weighted by atomic mass is 35.5. The van der Waals surface area contributed by atoms with E-state index in [0.29, 0.717) is 18.9 Å². The van der Waals surface area contributed by atoms with Gasteiger partial charge in [-0.05, 0) is 22.4 Å². The quantitative estimate of drug-likeness (QED) is 0.743. The molecule has 0 aliphatic heterocycles. The average Bonchev–Trinajstić information content (AvgIpc) is 3.08. The van der Waals surface area contributed by atoms with Crippen LogP contribution in [0.2, 0.25) is 0 Å². The van der Waals surface area contributed by atoms with Crippen LogP contribution in [0.15, 0.2) is 53.1 Å². The molecule has 0 unspecified atom stereocenters. The molecule has 3 rings (SSSR count). The summed E-state index contributed by atoms with van der Waals surface area (Å²) in [4.78, 5) is 16.4. The number of hydrogen-bond acceptors (Lipinski definition) is 4. The molecule has 3 N–H and O–H groups in total. The van der Waals surface area contributed by atoms with E-state index in [0.717, 1.165) is 16.3 Å². The van der Waals surface area contributed by atoms with Crippen LogP contribution in [-0.2, 0) is 6.42 Å². The molecule has 0 aliphatic rings. The maximum absolute atomic E-state index is 12.3. The monoisotopic (exact) mass is 345 g/mol. The Labute approximate surface area is 146 Å². The number of aryl methyl sites for hydroxylation is 1. The van der Waals surface area contributed by atoms with Gasteiger partial charge in [0.2, 0.25) is 0 Å². The summed E-state index contributed by atoms with van der Waals surface area (Å²) < 4.78 is 5.21. The summed E-state index contributed by atoms with van der Waals surface area (Å²) in [6.45, 7) is 2.23. The van der Waals surface area contributed by atoms with E-state index >= 15 is 0 Å². The molecule has 1 amide bonds. The number of benzene rings is 2. The van der Waals surface area contributed by atoms with Crippen molar-refractivity contribution < 1.29 is 9.21 Å². The Bertz CT molecular complexity index is 832. The minimum absolute atomic E-state index is 0. The van der Waals surface area contributed by atoms with Crippen molar-refractivity contribution in [1.29, 1.82) is 0 Å². The van der Waals surface area contributed by atoms with E-state index in [1.54, 1.807) is 0 Å². The lowest BCUT2D eigenvalue weighted by Crippen LogP contribution is -2.33. The van der Waals surface area contributed by atoms with Crippen molar-refractivity contribution in [2.75, 3.05) is 6.54 Å². The van der Waals surface area contributed by atoms with Gasteiger partial charge in [-0.2, -0.15) is 0 Å². The van der Waals surface area contributed by atoms with E-state index in [2.05, 4.69) is 16.4 Å². The number of aromatic nitrogens is 1. The number of oxazole rings is 1. The predicted octanol–water partition coefficient (Wildman–Crippen LogP) is 3.24. The second-order valence-corrected chi connectivity index (χ2v) is 5.35. The molecular formula is C18H20ClN3O2.